The third-order valence-electron chi connectivity index (χ3n) is 6.35. The number of ether oxygens (including phenoxy) is 2. The van der Waals surface area contributed by atoms with Crippen molar-refractivity contribution in [3.05, 3.63) is 137 Å². The van der Waals surface area contributed by atoms with Gasteiger partial charge in [-0.15, -0.1) is 0 Å². The Balaban J connectivity index is 1.58. The van der Waals surface area contributed by atoms with E-state index in [2.05, 4.69) is 84.9 Å². The van der Waals surface area contributed by atoms with Crippen LogP contribution in [-0.4, -0.2) is 13.1 Å². The Morgan fingerprint density at radius 2 is 1.31 bits per heavy atom. The van der Waals surface area contributed by atoms with E-state index in [1.54, 1.807) is 12.1 Å². The van der Waals surface area contributed by atoms with Crippen LogP contribution in [0.2, 0.25) is 0 Å². The SMILES string of the molecule is COC(=O)c1ccc(OC2CC(c3ccccc3)(c3ccccc3)c3ccccc32)cc1. The highest BCUT2D eigenvalue weighted by molar-refractivity contribution is 5.89. The quantitative estimate of drug-likeness (QED) is 0.354. The summed E-state index contributed by atoms with van der Waals surface area (Å²) in [5.41, 5.74) is 5.19. The second-order valence-electron chi connectivity index (χ2n) is 8.05. The summed E-state index contributed by atoms with van der Waals surface area (Å²) >= 11 is 0. The van der Waals surface area contributed by atoms with E-state index >= 15 is 0 Å². The Kier molecular flexibility index (Phi) is 5.24. The first-order chi connectivity index (χ1) is 15.7. The molecule has 1 unspecified atom stereocenters. The molecule has 0 spiro atoms. The van der Waals surface area contributed by atoms with Gasteiger partial charge in [0.25, 0.3) is 0 Å². The normalized spacial score (nSPS) is 16.2. The first-order valence-electron chi connectivity index (χ1n) is 10.8. The molecule has 0 heterocycles. The summed E-state index contributed by atoms with van der Waals surface area (Å²) in [6.07, 6.45) is 0.676. The summed E-state index contributed by atoms with van der Waals surface area (Å²) < 4.78 is 11.3. The Labute approximate surface area is 188 Å². The van der Waals surface area contributed by atoms with Crippen LogP contribution in [0.5, 0.6) is 5.75 Å². The van der Waals surface area contributed by atoms with E-state index in [4.69, 9.17) is 9.47 Å². The molecule has 0 bridgehead atoms. The zero-order valence-electron chi connectivity index (χ0n) is 17.9. The van der Waals surface area contributed by atoms with Crippen LogP contribution in [-0.2, 0) is 10.2 Å². The van der Waals surface area contributed by atoms with Crippen molar-refractivity contribution in [3.8, 4) is 5.75 Å². The molecule has 0 amide bonds. The van der Waals surface area contributed by atoms with E-state index in [1.807, 2.05) is 12.1 Å². The summed E-state index contributed by atoms with van der Waals surface area (Å²) in [6, 6.07) is 37.0. The molecule has 158 valence electrons. The average molecular weight is 421 g/mol. The van der Waals surface area contributed by atoms with Gasteiger partial charge in [-0.1, -0.05) is 84.9 Å². The van der Waals surface area contributed by atoms with Gasteiger partial charge in [0, 0.05) is 11.8 Å². The van der Waals surface area contributed by atoms with Gasteiger partial charge in [0.15, 0.2) is 0 Å². The molecule has 0 aromatic heterocycles. The lowest BCUT2D eigenvalue weighted by Crippen LogP contribution is -2.27. The maximum Gasteiger partial charge on any atom is 0.337 e. The van der Waals surface area contributed by atoms with Gasteiger partial charge < -0.3 is 9.47 Å². The van der Waals surface area contributed by atoms with Crippen molar-refractivity contribution in [2.24, 2.45) is 0 Å². The van der Waals surface area contributed by atoms with Crippen molar-refractivity contribution in [1.82, 2.24) is 0 Å². The van der Waals surface area contributed by atoms with Crippen molar-refractivity contribution in [2.75, 3.05) is 7.11 Å². The van der Waals surface area contributed by atoms with E-state index in [0.29, 0.717) is 5.56 Å². The lowest BCUT2D eigenvalue weighted by molar-refractivity contribution is 0.0600. The van der Waals surface area contributed by atoms with Gasteiger partial charge in [-0.05, 0) is 46.5 Å². The Morgan fingerprint density at radius 1 is 0.750 bits per heavy atom. The Bertz CT molecular complexity index is 1170. The second kappa shape index (κ2) is 8.35. The summed E-state index contributed by atoms with van der Waals surface area (Å²) in [4.78, 5) is 11.8. The second-order valence-corrected chi connectivity index (χ2v) is 8.05. The topological polar surface area (TPSA) is 35.5 Å². The smallest absolute Gasteiger partial charge is 0.337 e. The van der Waals surface area contributed by atoms with E-state index in [1.165, 1.54) is 29.4 Å². The first kappa shape index (κ1) is 20.1. The summed E-state index contributed by atoms with van der Waals surface area (Å²) in [5, 5.41) is 0. The molecule has 3 heteroatoms. The van der Waals surface area contributed by atoms with E-state index in [-0.39, 0.29) is 17.5 Å². The van der Waals surface area contributed by atoms with Crippen LogP contribution >= 0.6 is 0 Å². The number of fused-ring (bicyclic) bond motifs is 1. The van der Waals surface area contributed by atoms with Crippen LogP contribution in [0.4, 0.5) is 0 Å². The lowest BCUT2D eigenvalue weighted by atomic mass is 9.70. The predicted molar refractivity (Wildman–Crippen MR) is 125 cm³/mol. The van der Waals surface area contributed by atoms with Crippen molar-refractivity contribution in [3.63, 3.8) is 0 Å². The average Bonchev–Trinajstić information content (AvgIpc) is 3.20. The van der Waals surface area contributed by atoms with Crippen LogP contribution in [0.15, 0.2) is 109 Å². The lowest BCUT2D eigenvalue weighted by Gasteiger charge is -2.32. The molecular weight excluding hydrogens is 396 g/mol. The molecule has 1 aliphatic carbocycles. The minimum Gasteiger partial charge on any atom is -0.486 e. The van der Waals surface area contributed by atoms with Gasteiger partial charge in [0.05, 0.1) is 12.7 Å². The maximum atomic E-state index is 11.8. The van der Waals surface area contributed by atoms with Crippen molar-refractivity contribution < 1.29 is 14.3 Å². The highest BCUT2D eigenvalue weighted by atomic mass is 16.5. The van der Waals surface area contributed by atoms with Crippen molar-refractivity contribution >= 4 is 5.97 Å². The molecule has 32 heavy (non-hydrogen) atoms. The third-order valence-corrected chi connectivity index (χ3v) is 6.35. The van der Waals surface area contributed by atoms with Gasteiger partial charge >= 0.3 is 5.97 Å². The predicted octanol–water partition coefficient (Wildman–Crippen LogP) is 6.33. The van der Waals surface area contributed by atoms with Crippen LogP contribution < -0.4 is 4.74 Å². The van der Waals surface area contributed by atoms with E-state index in [0.717, 1.165) is 12.2 Å². The number of methoxy groups -OCH3 is 1. The van der Waals surface area contributed by atoms with Gasteiger partial charge in [0.1, 0.15) is 11.9 Å². The van der Waals surface area contributed by atoms with Crippen molar-refractivity contribution in [1.29, 1.82) is 0 Å². The van der Waals surface area contributed by atoms with Crippen LogP contribution in [0.25, 0.3) is 0 Å². The molecule has 5 rings (SSSR count). The zero-order chi connectivity index (χ0) is 22.0. The molecule has 4 aromatic rings. The molecule has 1 atom stereocenters. The summed E-state index contributed by atoms with van der Waals surface area (Å²) in [6.45, 7) is 0. The molecule has 0 aliphatic heterocycles. The zero-order valence-corrected chi connectivity index (χ0v) is 17.9. The van der Waals surface area contributed by atoms with E-state index in [9.17, 15) is 4.79 Å². The molecule has 4 aromatic carbocycles. The van der Waals surface area contributed by atoms with Crippen LogP contribution in [0.1, 0.15) is 45.1 Å². The number of rotatable bonds is 5. The number of hydrogen-bond donors (Lipinski definition) is 0. The van der Waals surface area contributed by atoms with Gasteiger partial charge in [-0.2, -0.15) is 0 Å². The molecule has 0 saturated carbocycles. The Morgan fingerprint density at radius 3 is 1.91 bits per heavy atom. The number of benzene rings is 4. The fraction of sp³-hybridized carbons (Fsp3) is 0.138. The maximum absolute atomic E-state index is 11.8. The van der Waals surface area contributed by atoms with Crippen molar-refractivity contribution in [2.45, 2.75) is 17.9 Å². The number of hydrogen-bond acceptors (Lipinski definition) is 3. The highest BCUT2D eigenvalue weighted by Gasteiger charge is 2.47. The molecule has 0 radical (unpaired) electrons. The number of carbonyl (C=O) groups is 1. The third kappa shape index (κ3) is 3.36. The molecule has 3 nitrogen and oxygen atoms in total. The minimum absolute atomic E-state index is 0.115. The van der Waals surface area contributed by atoms with Gasteiger partial charge in [-0.3, -0.25) is 0 Å². The van der Waals surface area contributed by atoms with Gasteiger partial charge in [-0.25, -0.2) is 4.79 Å². The first-order valence-corrected chi connectivity index (χ1v) is 10.8. The largest absolute Gasteiger partial charge is 0.486 e. The molecular formula is C29H24O3. The summed E-state index contributed by atoms with van der Waals surface area (Å²) in [5.74, 6) is 0.379. The molecule has 0 N–H and O–H groups in total. The van der Waals surface area contributed by atoms with E-state index < -0.39 is 0 Å². The molecule has 0 saturated heterocycles. The Hall–Kier alpha value is -3.85. The summed E-state index contributed by atoms with van der Waals surface area (Å²) in [7, 11) is 1.38. The fourth-order valence-electron chi connectivity index (χ4n) is 4.88. The monoisotopic (exact) mass is 420 g/mol. The van der Waals surface area contributed by atoms with Crippen LogP contribution in [0.3, 0.4) is 0 Å². The standard InChI is InChI=1S/C29H24O3/c1-31-28(30)21-16-18-24(19-17-21)32-27-20-29(22-10-4-2-5-11-22,23-12-6-3-7-13-23)26-15-9-8-14-25(26)27/h2-19,27H,20H2,1H3. The fourth-order valence-corrected chi connectivity index (χ4v) is 4.88. The number of carbonyl (C=O) groups excluding carboxylic acids is 1. The molecule has 1 aliphatic rings. The highest BCUT2D eigenvalue weighted by Crippen LogP contribution is 2.54. The van der Waals surface area contributed by atoms with Crippen LogP contribution in [0, 0.1) is 0 Å². The molecule has 0 fully saturated rings. The van der Waals surface area contributed by atoms with Gasteiger partial charge in [0.2, 0.25) is 0 Å². The minimum atomic E-state index is -0.352. The number of esters is 1.